The van der Waals surface area contributed by atoms with Gasteiger partial charge in [-0.1, -0.05) is 17.3 Å². The van der Waals surface area contributed by atoms with E-state index in [9.17, 15) is 4.79 Å². The second-order valence-corrected chi connectivity index (χ2v) is 7.46. The van der Waals surface area contributed by atoms with Crippen LogP contribution in [0.15, 0.2) is 28.8 Å². The van der Waals surface area contributed by atoms with Gasteiger partial charge in [-0.25, -0.2) is 0 Å². The predicted octanol–water partition coefficient (Wildman–Crippen LogP) is 2.34. The molecule has 1 aliphatic heterocycles. The summed E-state index contributed by atoms with van der Waals surface area (Å²) < 4.78 is 5.02. The summed E-state index contributed by atoms with van der Waals surface area (Å²) >= 11 is 0. The maximum Gasteiger partial charge on any atom is 0.227 e. The van der Waals surface area contributed by atoms with Crippen LogP contribution in [0.4, 0.5) is 5.69 Å². The highest BCUT2D eigenvalue weighted by atomic mass is 16.5. The van der Waals surface area contributed by atoms with Crippen molar-refractivity contribution in [2.75, 3.05) is 44.2 Å². The number of carbonyl (C=O) groups is 1. The monoisotopic (exact) mass is 385 g/mol. The Bertz CT molecular complexity index is 753. The van der Waals surface area contributed by atoms with Crippen molar-refractivity contribution in [1.29, 1.82) is 0 Å². The molecule has 152 valence electrons. The second kappa shape index (κ2) is 10.2. The first-order chi connectivity index (χ1) is 13.6. The molecule has 1 fully saturated rings. The zero-order valence-corrected chi connectivity index (χ0v) is 17.0. The maximum atomic E-state index is 11.9. The van der Waals surface area contributed by atoms with E-state index in [1.807, 2.05) is 0 Å². The Labute approximate surface area is 167 Å². The van der Waals surface area contributed by atoms with Gasteiger partial charge < -0.3 is 14.7 Å². The van der Waals surface area contributed by atoms with Crippen LogP contribution < -0.4 is 10.2 Å². The number of piperazine rings is 1. The average molecular weight is 386 g/mol. The Morgan fingerprint density at radius 2 is 2.00 bits per heavy atom. The van der Waals surface area contributed by atoms with Crippen LogP contribution in [0.2, 0.25) is 0 Å². The highest BCUT2D eigenvalue weighted by Gasteiger charge is 2.16. The summed E-state index contributed by atoms with van der Waals surface area (Å²) in [6.07, 6.45) is 3.00. The lowest BCUT2D eigenvalue weighted by Crippen LogP contribution is -2.46. The number of hydrogen-bond acceptors (Lipinski definition) is 6. The van der Waals surface area contributed by atoms with Gasteiger partial charge in [0.1, 0.15) is 0 Å². The van der Waals surface area contributed by atoms with E-state index in [1.54, 1.807) is 6.92 Å². The van der Waals surface area contributed by atoms with Crippen molar-refractivity contribution in [3.8, 4) is 0 Å². The quantitative estimate of drug-likeness (QED) is 0.668. The van der Waals surface area contributed by atoms with E-state index in [0.717, 1.165) is 52.1 Å². The van der Waals surface area contributed by atoms with Gasteiger partial charge in [0.05, 0.1) is 0 Å². The number of amides is 1. The Balaban J connectivity index is 1.23. The Morgan fingerprint density at radius 3 is 2.71 bits per heavy atom. The van der Waals surface area contributed by atoms with Crippen molar-refractivity contribution in [2.45, 2.75) is 39.5 Å². The van der Waals surface area contributed by atoms with Crippen LogP contribution >= 0.6 is 0 Å². The Hall–Kier alpha value is -2.41. The van der Waals surface area contributed by atoms with E-state index in [4.69, 9.17) is 4.52 Å². The van der Waals surface area contributed by atoms with Crippen molar-refractivity contribution < 1.29 is 9.32 Å². The number of aryl methyl sites for hydroxylation is 3. The van der Waals surface area contributed by atoms with E-state index in [-0.39, 0.29) is 5.91 Å². The van der Waals surface area contributed by atoms with Gasteiger partial charge in [-0.15, -0.1) is 0 Å². The molecule has 3 rings (SSSR count). The number of anilines is 1. The molecule has 7 heteroatoms. The molecular formula is C21H31N5O2. The molecule has 0 saturated carbocycles. The third-order valence-corrected chi connectivity index (χ3v) is 5.10. The lowest BCUT2D eigenvalue weighted by molar-refractivity contribution is -0.121. The van der Waals surface area contributed by atoms with Crippen molar-refractivity contribution in [1.82, 2.24) is 20.4 Å². The largest absolute Gasteiger partial charge is 0.369 e. The Morgan fingerprint density at radius 1 is 1.18 bits per heavy atom. The third kappa shape index (κ3) is 6.34. The molecule has 1 N–H and O–H groups in total. The summed E-state index contributed by atoms with van der Waals surface area (Å²) in [6, 6.07) is 8.74. The molecule has 2 heterocycles. The fraction of sp³-hybridized carbons (Fsp3) is 0.571. The zero-order valence-electron chi connectivity index (χ0n) is 17.0. The molecule has 0 spiro atoms. The molecule has 1 aliphatic rings. The lowest BCUT2D eigenvalue weighted by atomic mass is 10.2. The molecule has 1 aromatic carbocycles. The van der Waals surface area contributed by atoms with Crippen molar-refractivity contribution in [3.63, 3.8) is 0 Å². The van der Waals surface area contributed by atoms with Crippen molar-refractivity contribution in [2.24, 2.45) is 0 Å². The molecule has 1 aromatic heterocycles. The number of benzene rings is 1. The molecule has 2 aromatic rings. The van der Waals surface area contributed by atoms with E-state index >= 15 is 0 Å². The van der Waals surface area contributed by atoms with E-state index < -0.39 is 0 Å². The van der Waals surface area contributed by atoms with E-state index in [0.29, 0.717) is 24.6 Å². The molecule has 1 amide bonds. The first-order valence-corrected chi connectivity index (χ1v) is 10.2. The number of rotatable bonds is 9. The van der Waals surface area contributed by atoms with Crippen LogP contribution in [-0.2, 0) is 11.2 Å². The number of nitrogens with one attached hydrogen (secondary N) is 1. The minimum atomic E-state index is 0.0441. The van der Waals surface area contributed by atoms with Crippen molar-refractivity contribution >= 4 is 11.6 Å². The topological polar surface area (TPSA) is 74.5 Å². The van der Waals surface area contributed by atoms with Gasteiger partial charge in [-0.3, -0.25) is 9.69 Å². The van der Waals surface area contributed by atoms with E-state index in [1.165, 1.54) is 11.3 Å². The molecule has 0 radical (unpaired) electrons. The SMILES string of the molecule is Cc1cccc(N2CCN(CCCCNC(=O)CCc3nc(C)no3)CC2)c1. The van der Waals surface area contributed by atoms with Crippen LogP contribution in [0.25, 0.3) is 0 Å². The van der Waals surface area contributed by atoms with Gasteiger partial charge in [-0.2, -0.15) is 4.98 Å². The fourth-order valence-electron chi connectivity index (χ4n) is 3.49. The highest BCUT2D eigenvalue weighted by Crippen LogP contribution is 2.17. The van der Waals surface area contributed by atoms with Gasteiger partial charge in [0.2, 0.25) is 11.8 Å². The van der Waals surface area contributed by atoms with Crippen LogP contribution in [0.1, 0.15) is 36.5 Å². The smallest absolute Gasteiger partial charge is 0.227 e. The lowest BCUT2D eigenvalue weighted by Gasteiger charge is -2.36. The standard InChI is InChI=1S/C21H31N5O2/c1-17-6-5-7-19(16-17)26-14-12-25(13-15-26)11-4-3-10-22-20(27)8-9-21-23-18(2)24-28-21/h5-7,16H,3-4,8-15H2,1-2H3,(H,22,27). The summed E-state index contributed by atoms with van der Waals surface area (Å²) in [4.78, 5) is 21.0. The number of carbonyl (C=O) groups excluding carboxylic acids is 1. The van der Waals surface area contributed by atoms with Gasteiger partial charge in [0.15, 0.2) is 5.82 Å². The van der Waals surface area contributed by atoms with Gasteiger partial charge in [-0.05, 0) is 50.9 Å². The molecular weight excluding hydrogens is 354 g/mol. The summed E-state index contributed by atoms with van der Waals surface area (Å²) in [6.45, 7) is 10.1. The van der Waals surface area contributed by atoms with Crippen LogP contribution in [0.5, 0.6) is 0 Å². The minimum Gasteiger partial charge on any atom is -0.369 e. The van der Waals surface area contributed by atoms with Gasteiger partial charge >= 0.3 is 0 Å². The molecule has 28 heavy (non-hydrogen) atoms. The third-order valence-electron chi connectivity index (χ3n) is 5.10. The second-order valence-electron chi connectivity index (χ2n) is 7.46. The van der Waals surface area contributed by atoms with E-state index in [2.05, 4.69) is 56.4 Å². The first-order valence-electron chi connectivity index (χ1n) is 10.2. The van der Waals surface area contributed by atoms with Crippen molar-refractivity contribution in [3.05, 3.63) is 41.5 Å². The molecule has 0 unspecified atom stereocenters. The minimum absolute atomic E-state index is 0.0441. The van der Waals surface area contributed by atoms with Gasteiger partial charge in [0, 0.05) is 51.3 Å². The normalized spacial score (nSPS) is 15.0. The molecule has 7 nitrogen and oxygen atoms in total. The number of nitrogens with zero attached hydrogens (tertiary/aromatic N) is 4. The molecule has 0 bridgehead atoms. The molecule has 1 saturated heterocycles. The average Bonchev–Trinajstić information content (AvgIpc) is 3.12. The van der Waals surface area contributed by atoms with Crippen LogP contribution in [0, 0.1) is 13.8 Å². The number of unbranched alkanes of at least 4 members (excludes halogenated alkanes) is 1. The number of hydrogen-bond donors (Lipinski definition) is 1. The summed E-state index contributed by atoms with van der Waals surface area (Å²) in [7, 11) is 0. The molecule has 0 atom stereocenters. The Kier molecular flexibility index (Phi) is 7.42. The van der Waals surface area contributed by atoms with Crippen LogP contribution in [0.3, 0.4) is 0 Å². The molecule has 0 aliphatic carbocycles. The zero-order chi connectivity index (χ0) is 19.8. The summed E-state index contributed by atoms with van der Waals surface area (Å²) in [5.74, 6) is 1.18. The summed E-state index contributed by atoms with van der Waals surface area (Å²) in [5.41, 5.74) is 2.65. The number of aromatic nitrogens is 2. The predicted molar refractivity (Wildman–Crippen MR) is 109 cm³/mol. The van der Waals surface area contributed by atoms with Gasteiger partial charge in [0.25, 0.3) is 0 Å². The fourth-order valence-corrected chi connectivity index (χ4v) is 3.49. The highest BCUT2D eigenvalue weighted by molar-refractivity contribution is 5.75. The summed E-state index contributed by atoms with van der Waals surface area (Å²) in [5, 5.41) is 6.70. The van der Waals surface area contributed by atoms with Crippen LogP contribution in [-0.4, -0.2) is 60.2 Å². The maximum absolute atomic E-state index is 11.9. The first kappa shape index (κ1) is 20.3.